The second-order valence-electron chi connectivity index (χ2n) is 7.93. The Hall–Kier alpha value is -2.82. The van der Waals surface area contributed by atoms with Crippen molar-refractivity contribution in [2.75, 3.05) is 6.54 Å². The summed E-state index contributed by atoms with van der Waals surface area (Å²) in [6, 6.07) is 3.41. The van der Waals surface area contributed by atoms with E-state index in [1.54, 1.807) is 0 Å². The molecule has 2 amide bonds. The fraction of sp³-hybridized carbons (Fsp3) is 0.526. The minimum absolute atomic E-state index is 0.263. The topological polar surface area (TPSA) is 107 Å². The van der Waals surface area contributed by atoms with Gasteiger partial charge in [-0.1, -0.05) is 12.1 Å². The third kappa shape index (κ3) is 5.23. The smallest absolute Gasteiger partial charge is 0.336 e. The van der Waals surface area contributed by atoms with Crippen molar-refractivity contribution in [2.24, 2.45) is 0 Å². The maximum absolute atomic E-state index is 13.3. The van der Waals surface area contributed by atoms with E-state index < -0.39 is 80.7 Å². The summed E-state index contributed by atoms with van der Waals surface area (Å²) in [6.45, 7) is -0.902. The van der Waals surface area contributed by atoms with Gasteiger partial charge >= 0.3 is 12.4 Å². The Balaban J connectivity index is 1.95. The normalized spacial score (nSPS) is 22.5. The monoisotopic (exact) mass is 497 g/mol. The maximum atomic E-state index is 13.3. The van der Waals surface area contributed by atoms with Crippen molar-refractivity contribution in [2.45, 2.75) is 59.8 Å². The number of hydrogen-bond donors (Lipinski definition) is 1. The van der Waals surface area contributed by atoms with Crippen LogP contribution < -0.4 is 5.32 Å². The Morgan fingerprint density at radius 1 is 1.15 bits per heavy atom. The van der Waals surface area contributed by atoms with Crippen LogP contribution in [-0.2, 0) is 25.6 Å². The molecule has 1 aromatic rings. The Morgan fingerprint density at radius 3 is 2.27 bits per heavy atom. The quantitative estimate of drug-likeness (QED) is 0.630. The van der Waals surface area contributed by atoms with Crippen molar-refractivity contribution in [3.05, 3.63) is 29.8 Å². The Morgan fingerprint density at radius 2 is 1.76 bits per heavy atom. The van der Waals surface area contributed by atoms with Crippen molar-refractivity contribution in [1.29, 1.82) is 5.26 Å². The highest BCUT2D eigenvalue weighted by atomic mass is 32.2. The first kappa shape index (κ1) is 24.8. The molecule has 0 bridgehead atoms. The lowest BCUT2D eigenvalue weighted by molar-refractivity contribution is -0.163. The van der Waals surface area contributed by atoms with Gasteiger partial charge in [0.15, 0.2) is 9.84 Å². The number of nitriles is 1. The minimum Gasteiger partial charge on any atom is -0.336 e. The summed E-state index contributed by atoms with van der Waals surface area (Å²) in [4.78, 5) is 24.2. The highest BCUT2D eigenvalue weighted by Crippen LogP contribution is 2.39. The second-order valence-corrected chi connectivity index (χ2v) is 10.1. The van der Waals surface area contributed by atoms with Crippen molar-refractivity contribution in [1.82, 2.24) is 10.2 Å². The largest absolute Gasteiger partial charge is 0.417 e. The SMILES string of the molecule is N#CC1(NC(=O)C2CC(S(=O)(=O)c3ccccc3C(F)(F)F)CN2C(=O)CC(F)(F)F)CC1. The van der Waals surface area contributed by atoms with Gasteiger partial charge in [-0.25, -0.2) is 8.42 Å². The van der Waals surface area contributed by atoms with Crippen LogP contribution >= 0.6 is 0 Å². The van der Waals surface area contributed by atoms with Crippen LogP contribution in [0.4, 0.5) is 26.3 Å². The van der Waals surface area contributed by atoms with Crippen molar-refractivity contribution in [3.8, 4) is 6.07 Å². The molecule has 0 aromatic heterocycles. The first-order valence-corrected chi connectivity index (χ1v) is 11.1. The molecule has 1 aliphatic heterocycles. The predicted octanol–water partition coefficient (Wildman–Crippen LogP) is 2.57. The summed E-state index contributed by atoms with van der Waals surface area (Å²) in [5.74, 6) is -2.63. The molecule has 1 heterocycles. The molecule has 1 saturated heterocycles. The van der Waals surface area contributed by atoms with Gasteiger partial charge in [-0.2, -0.15) is 31.6 Å². The molecule has 1 saturated carbocycles. The molecule has 2 aliphatic rings. The van der Waals surface area contributed by atoms with Crippen LogP contribution in [0.25, 0.3) is 0 Å². The third-order valence-corrected chi connectivity index (χ3v) is 7.69. The van der Waals surface area contributed by atoms with Crippen molar-refractivity contribution in [3.63, 3.8) is 0 Å². The zero-order valence-electron chi connectivity index (χ0n) is 16.7. The molecular formula is C19H17F6N3O4S. The van der Waals surface area contributed by atoms with Crippen LogP contribution in [0.15, 0.2) is 29.2 Å². The van der Waals surface area contributed by atoms with Gasteiger partial charge in [0.25, 0.3) is 0 Å². The van der Waals surface area contributed by atoms with Crippen molar-refractivity contribution >= 4 is 21.7 Å². The molecule has 2 atom stereocenters. The van der Waals surface area contributed by atoms with Gasteiger partial charge in [0.1, 0.15) is 18.0 Å². The number of likely N-dealkylation sites (tertiary alicyclic amines) is 1. The van der Waals surface area contributed by atoms with Crippen LogP contribution in [0.3, 0.4) is 0 Å². The molecule has 7 nitrogen and oxygen atoms in total. The molecule has 180 valence electrons. The molecule has 14 heteroatoms. The van der Waals surface area contributed by atoms with E-state index in [2.05, 4.69) is 5.32 Å². The number of alkyl halides is 6. The van der Waals surface area contributed by atoms with Crippen LogP contribution in [-0.4, -0.2) is 54.7 Å². The summed E-state index contributed by atoms with van der Waals surface area (Å²) in [7, 11) is -4.80. The van der Waals surface area contributed by atoms with Crippen LogP contribution in [0.2, 0.25) is 0 Å². The number of hydrogen-bond acceptors (Lipinski definition) is 5. The van der Waals surface area contributed by atoms with E-state index in [4.69, 9.17) is 5.26 Å². The maximum Gasteiger partial charge on any atom is 0.417 e. The number of sulfone groups is 1. The third-order valence-electron chi connectivity index (χ3n) is 5.50. The number of nitrogens with one attached hydrogen (secondary N) is 1. The highest BCUT2D eigenvalue weighted by Gasteiger charge is 2.52. The standard InChI is InChI=1S/C19H17F6N3O4S/c20-18(21,22)8-15(29)28-9-11(7-13(28)16(30)27-17(10-26)5-6-17)33(31,32)14-4-2-1-3-12(14)19(23,24)25/h1-4,11,13H,5-9H2,(H,27,30). The van der Waals surface area contributed by atoms with E-state index in [-0.39, 0.29) is 12.8 Å². The molecule has 0 spiro atoms. The second kappa shape index (κ2) is 8.19. The van der Waals surface area contributed by atoms with Gasteiger partial charge in [-0.05, 0) is 31.4 Å². The molecular weight excluding hydrogens is 480 g/mol. The lowest BCUT2D eigenvalue weighted by Crippen LogP contribution is -2.50. The molecule has 1 aromatic carbocycles. The predicted molar refractivity (Wildman–Crippen MR) is 98.9 cm³/mol. The Labute approximate surface area is 184 Å². The van der Waals surface area contributed by atoms with Gasteiger partial charge in [-0.3, -0.25) is 9.59 Å². The fourth-order valence-electron chi connectivity index (χ4n) is 3.66. The average molecular weight is 497 g/mol. The molecule has 1 aliphatic carbocycles. The molecule has 3 rings (SSSR count). The zero-order chi connectivity index (χ0) is 24.8. The Bertz CT molecular complexity index is 1110. The summed E-state index contributed by atoms with van der Waals surface area (Å²) in [5, 5.41) is 9.66. The van der Waals surface area contributed by atoms with Crippen LogP contribution in [0, 0.1) is 11.3 Å². The lowest BCUT2D eigenvalue weighted by Gasteiger charge is -2.25. The minimum atomic E-state index is -5.03. The van der Waals surface area contributed by atoms with Gasteiger partial charge in [-0.15, -0.1) is 0 Å². The highest BCUT2D eigenvalue weighted by molar-refractivity contribution is 7.92. The first-order valence-electron chi connectivity index (χ1n) is 9.59. The Kier molecular flexibility index (Phi) is 6.16. The number of carbonyl (C=O) groups excluding carboxylic acids is 2. The number of halogens is 6. The number of rotatable bonds is 5. The summed E-state index contributed by atoms with van der Waals surface area (Å²) in [6.07, 6.45) is -12.2. The molecule has 1 N–H and O–H groups in total. The number of amides is 2. The average Bonchev–Trinajstić information content (AvgIpc) is 3.31. The molecule has 2 unspecified atom stereocenters. The summed E-state index contributed by atoms with van der Waals surface area (Å²) >= 11 is 0. The van der Waals surface area contributed by atoms with E-state index in [9.17, 15) is 44.3 Å². The molecule has 2 fully saturated rings. The first-order chi connectivity index (χ1) is 15.1. The number of carbonyl (C=O) groups is 2. The van der Waals surface area contributed by atoms with Gasteiger partial charge in [0.05, 0.1) is 21.8 Å². The number of benzene rings is 1. The zero-order valence-corrected chi connectivity index (χ0v) is 17.5. The van der Waals surface area contributed by atoms with Crippen LogP contribution in [0.5, 0.6) is 0 Å². The van der Waals surface area contributed by atoms with Crippen LogP contribution in [0.1, 0.15) is 31.2 Å². The van der Waals surface area contributed by atoms with Crippen molar-refractivity contribution < 1.29 is 44.3 Å². The van der Waals surface area contributed by atoms with Gasteiger partial charge in [0.2, 0.25) is 11.8 Å². The van der Waals surface area contributed by atoms with E-state index in [0.29, 0.717) is 17.0 Å². The van der Waals surface area contributed by atoms with E-state index in [1.807, 2.05) is 6.07 Å². The van der Waals surface area contributed by atoms with E-state index in [0.717, 1.165) is 12.1 Å². The van der Waals surface area contributed by atoms with E-state index >= 15 is 0 Å². The van der Waals surface area contributed by atoms with Gasteiger partial charge in [0, 0.05) is 6.54 Å². The molecule has 0 radical (unpaired) electrons. The van der Waals surface area contributed by atoms with E-state index in [1.165, 1.54) is 0 Å². The molecule has 33 heavy (non-hydrogen) atoms. The number of nitrogens with zero attached hydrogens (tertiary/aromatic N) is 2. The fourth-order valence-corrected chi connectivity index (χ4v) is 5.57. The summed E-state index contributed by atoms with van der Waals surface area (Å²) in [5.41, 5.74) is -2.72. The lowest BCUT2D eigenvalue weighted by atomic mass is 10.1. The summed E-state index contributed by atoms with van der Waals surface area (Å²) < 4.78 is 104. The van der Waals surface area contributed by atoms with Gasteiger partial charge < -0.3 is 10.2 Å².